The Hall–Kier alpha value is -3.52. The van der Waals surface area contributed by atoms with E-state index in [0.717, 1.165) is 41.0 Å². The zero-order valence-corrected chi connectivity index (χ0v) is 22.5. The van der Waals surface area contributed by atoms with Gasteiger partial charge < -0.3 is 10.2 Å². The van der Waals surface area contributed by atoms with Crippen molar-refractivity contribution >= 4 is 16.9 Å². The van der Waals surface area contributed by atoms with Crippen LogP contribution < -0.4 is 15.8 Å². The Bertz CT molecular complexity index is 1590. The molecule has 8 nitrogen and oxygen atoms in total. The molecule has 188 valence electrons. The lowest BCUT2D eigenvalue weighted by Crippen LogP contribution is -2.55. The fourth-order valence-electron chi connectivity index (χ4n) is 5.49. The van der Waals surface area contributed by atoms with Crippen molar-refractivity contribution in [3.63, 3.8) is 0 Å². The minimum absolute atomic E-state index is 0.0270. The first-order chi connectivity index (χ1) is 16.9. The zero-order chi connectivity index (χ0) is 26.0. The van der Waals surface area contributed by atoms with Gasteiger partial charge in [-0.05, 0) is 71.7 Å². The summed E-state index contributed by atoms with van der Waals surface area (Å²) in [7, 11) is 2.06. The number of aryl methyl sites for hydroxylation is 3. The molecule has 4 aromatic rings. The molecule has 0 unspecified atom stereocenters. The number of nitrogens with one attached hydrogen (secondary N) is 1. The van der Waals surface area contributed by atoms with E-state index in [2.05, 4.69) is 69.0 Å². The number of anilines is 1. The maximum Gasteiger partial charge on any atom is 0.258 e. The SMILES string of the molecule is CCc1nc(C)cn2nc(-c3cc(=O)n4cc(N(C)C5=CC(C)(C)NC(C)(C)C5)cc(C)c4n3)cc12. The standard InChI is InChI=1S/C28H35N7O/c1-9-21-24-11-23(31-35(24)15-18(3)29-21)22-12-25(36)34-16-19(10-17(2)26(34)30-22)33(8)20-13-27(4,5)32-28(6,7)14-20/h10-13,15-16,32H,9,14H2,1-8H3. The molecule has 0 aromatic carbocycles. The number of aromatic nitrogens is 5. The summed E-state index contributed by atoms with van der Waals surface area (Å²) in [5.74, 6) is 0. The van der Waals surface area contributed by atoms with Crippen LogP contribution in [0.25, 0.3) is 22.6 Å². The van der Waals surface area contributed by atoms with E-state index < -0.39 is 0 Å². The monoisotopic (exact) mass is 485 g/mol. The Balaban J connectivity index is 1.59. The summed E-state index contributed by atoms with van der Waals surface area (Å²) in [6, 6.07) is 5.63. The van der Waals surface area contributed by atoms with E-state index >= 15 is 0 Å². The van der Waals surface area contributed by atoms with Crippen molar-refractivity contribution in [1.82, 2.24) is 29.3 Å². The van der Waals surface area contributed by atoms with Crippen LogP contribution in [0.15, 0.2) is 47.2 Å². The van der Waals surface area contributed by atoms with Gasteiger partial charge in [0.1, 0.15) is 11.3 Å². The fraction of sp³-hybridized carbons (Fsp3) is 0.429. The first-order valence-corrected chi connectivity index (χ1v) is 12.5. The van der Waals surface area contributed by atoms with Crippen LogP contribution in [-0.2, 0) is 6.42 Å². The zero-order valence-electron chi connectivity index (χ0n) is 22.5. The number of nitrogens with zero attached hydrogens (tertiary/aromatic N) is 6. The van der Waals surface area contributed by atoms with Crippen molar-refractivity contribution in [2.24, 2.45) is 0 Å². The number of hydrogen-bond acceptors (Lipinski definition) is 6. The van der Waals surface area contributed by atoms with Crippen LogP contribution in [0.1, 0.15) is 58.0 Å². The van der Waals surface area contributed by atoms with Gasteiger partial charge in [-0.1, -0.05) is 6.92 Å². The van der Waals surface area contributed by atoms with Crippen LogP contribution in [0.4, 0.5) is 5.69 Å². The summed E-state index contributed by atoms with van der Waals surface area (Å²) in [5, 5.41) is 8.39. The topological polar surface area (TPSA) is 79.8 Å². The Morgan fingerprint density at radius 2 is 1.81 bits per heavy atom. The van der Waals surface area contributed by atoms with Crippen molar-refractivity contribution in [3.05, 3.63) is 69.7 Å². The molecular weight excluding hydrogens is 450 g/mol. The first-order valence-electron chi connectivity index (χ1n) is 12.5. The Labute approximate surface area is 211 Å². The first kappa shape index (κ1) is 24.2. The molecule has 0 bridgehead atoms. The highest BCUT2D eigenvalue weighted by molar-refractivity contribution is 5.68. The highest BCUT2D eigenvalue weighted by Crippen LogP contribution is 2.32. The molecule has 36 heavy (non-hydrogen) atoms. The average Bonchev–Trinajstić information content (AvgIpc) is 3.20. The highest BCUT2D eigenvalue weighted by Gasteiger charge is 2.33. The van der Waals surface area contributed by atoms with Crippen molar-refractivity contribution in [3.8, 4) is 11.4 Å². The fourth-order valence-corrected chi connectivity index (χ4v) is 5.49. The van der Waals surface area contributed by atoms with Crippen molar-refractivity contribution in [1.29, 1.82) is 0 Å². The molecule has 0 amide bonds. The van der Waals surface area contributed by atoms with Gasteiger partial charge in [-0.25, -0.2) is 9.50 Å². The Kier molecular flexibility index (Phi) is 5.55. The van der Waals surface area contributed by atoms with Crippen LogP contribution in [-0.4, -0.2) is 42.1 Å². The molecule has 0 atom stereocenters. The largest absolute Gasteiger partial charge is 0.347 e. The third-order valence-corrected chi connectivity index (χ3v) is 6.81. The number of fused-ring (bicyclic) bond motifs is 2. The second kappa shape index (κ2) is 8.27. The molecule has 1 aliphatic heterocycles. The predicted molar refractivity (Wildman–Crippen MR) is 145 cm³/mol. The Morgan fingerprint density at radius 3 is 2.50 bits per heavy atom. The molecule has 0 saturated heterocycles. The minimum atomic E-state index is -0.129. The lowest BCUT2D eigenvalue weighted by molar-refractivity contribution is 0.281. The third kappa shape index (κ3) is 4.30. The van der Waals surface area contributed by atoms with E-state index in [0.29, 0.717) is 17.0 Å². The predicted octanol–water partition coefficient (Wildman–Crippen LogP) is 4.45. The molecular formula is C28H35N7O. The van der Waals surface area contributed by atoms with Gasteiger partial charge >= 0.3 is 0 Å². The van der Waals surface area contributed by atoms with Gasteiger partial charge in [0.05, 0.1) is 34.5 Å². The van der Waals surface area contributed by atoms with Crippen LogP contribution in [0.3, 0.4) is 0 Å². The lowest BCUT2D eigenvalue weighted by atomic mass is 9.86. The number of pyridine rings is 1. The van der Waals surface area contributed by atoms with Gasteiger partial charge in [-0.15, -0.1) is 0 Å². The van der Waals surface area contributed by atoms with Crippen molar-refractivity contribution in [2.45, 2.75) is 72.4 Å². The molecule has 1 aliphatic rings. The van der Waals surface area contributed by atoms with Crippen LogP contribution >= 0.6 is 0 Å². The molecule has 0 spiro atoms. The molecule has 5 heterocycles. The quantitative estimate of drug-likeness (QED) is 0.460. The minimum Gasteiger partial charge on any atom is -0.347 e. The second-order valence-electron chi connectivity index (χ2n) is 11.2. The van der Waals surface area contributed by atoms with Gasteiger partial charge in [0.2, 0.25) is 0 Å². The van der Waals surface area contributed by atoms with Crippen molar-refractivity contribution < 1.29 is 0 Å². The summed E-state index contributed by atoms with van der Waals surface area (Å²) in [6.45, 7) is 14.8. The van der Waals surface area contributed by atoms with Gasteiger partial charge in [0.25, 0.3) is 5.56 Å². The number of rotatable bonds is 4. The maximum absolute atomic E-state index is 13.3. The third-order valence-electron chi connectivity index (χ3n) is 6.81. The van der Waals surface area contributed by atoms with E-state index in [9.17, 15) is 4.79 Å². The van der Waals surface area contributed by atoms with E-state index in [1.807, 2.05) is 36.8 Å². The molecule has 1 N–H and O–H groups in total. The summed E-state index contributed by atoms with van der Waals surface area (Å²) < 4.78 is 3.47. The Morgan fingerprint density at radius 1 is 1.06 bits per heavy atom. The molecule has 0 fully saturated rings. The van der Waals surface area contributed by atoms with E-state index in [1.54, 1.807) is 10.5 Å². The molecule has 0 aliphatic carbocycles. The lowest BCUT2D eigenvalue weighted by Gasteiger charge is -2.43. The molecule has 4 aromatic heterocycles. The van der Waals surface area contributed by atoms with E-state index in [-0.39, 0.29) is 16.6 Å². The molecule has 0 radical (unpaired) electrons. The van der Waals surface area contributed by atoms with E-state index in [1.165, 1.54) is 5.70 Å². The molecule has 5 rings (SSSR count). The van der Waals surface area contributed by atoms with Crippen molar-refractivity contribution in [2.75, 3.05) is 11.9 Å². The van der Waals surface area contributed by atoms with E-state index in [4.69, 9.17) is 10.1 Å². The van der Waals surface area contributed by atoms with Gasteiger partial charge in [0, 0.05) is 42.5 Å². The number of hydrogen-bond donors (Lipinski definition) is 1. The van der Waals surface area contributed by atoms with Gasteiger partial charge in [-0.2, -0.15) is 5.10 Å². The summed E-state index contributed by atoms with van der Waals surface area (Å²) >= 11 is 0. The molecule has 8 heteroatoms. The summed E-state index contributed by atoms with van der Waals surface area (Å²) in [6.07, 6.45) is 7.75. The van der Waals surface area contributed by atoms with Gasteiger partial charge in [-0.3, -0.25) is 14.2 Å². The second-order valence-corrected chi connectivity index (χ2v) is 11.2. The maximum atomic E-state index is 13.3. The normalized spacial score (nSPS) is 16.9. The van der Waals surface area contributed by atoms with Crippen LogP contribution in [0.2, 0.25) is 0 Å². The molecule has 0 saturated carbocycles. The summed E-state index contributed by atoms with van der Waals surface area (Å²) in [5.41, 5.74) is 7.53. The summed E-state index contributed by atoms with van der Waals surface area (Å²) in [4.78, 5) is 25.0. The van der Waals surface area contributed by atoms with Gasteiger partial charge in [0.15, 0.2) is 0 Å². The van der Waals surface area contributed by atoms with Crippen LogP contribution in [0.5, 0.6) is 0 Å². The van der Waals surface area contributed by atoms with Crippen LogP contribution in [0, 0.1) is 13.8 Å². The smallest absolute Gasteiger partial charge is 0.258 e. The highest BCUT2D eigenvalue weighted by atomic mass is 16.1. The average molecular weight is 486 g/mol.